The highest BCUT2D eigenvalue weighted by Gasteiger charge is 2.33. The van der Waals surface area contributed by atoms with E-state index in [2.05, 4.69) is 25.8 Å². The van der Waals surface area contributed by atoms with Crippen LogP contribution >= 0.6 is 0 Å². The molecular weight excluding hydrogens is 228 g/mol. The zero-order valence-corrected chi connectivity index (χ0v) is 12.1. The average molecular weight is 256 g/mol. The van der Waals surface area contributed by atoms with Crippen LogP contribution in [0.1, 0.15) is 52.9 Å². The van der Waals surface area contributed by atoms with Crippen molar-refractivity contribution in [2.75, 3.05) is 7.05 Å². The Kier molecular flexibility index (Phi) is 5.17. The smallest absolute Gasteiger partial charge is 0.323 e. The van der Waals surface area contributed by atoms with Crippen LogP contribution < -0.4 is 5.73 Å². The Morgan fingerprint density at radius 1 is 1.44 bits per heavy atom. The molecule has 0 aliphatic heterocycles. The van der Waals surface area contributed by atoms with Crippen molar-refractivity contribution in [3.05, 3.63) is 0 Å². The van der Waals surface area contributed by atoms with Crippen LogP contribution in [0.15, 0.2) is 0 Å². The van der Waals surface area contributed by atoms with Gasteiger partial charge in [0.15, 0.2) is 0 Å². The highest BCUT2D eigenvalue weighted by atomic mass is 16.4. The van der Waals surface area contributed by atoms with Crippen LogP contribution in [0.2, 0.25) is 0 Å². The maximum absolute atomic E-state index is 11.1. The van der Waals surface area contributed by atoms with Crippen LogP contribution in [0.4, 0.5) is 0 Å². The van der Waals surface area contributed by atoms with Gasteiger partial charge in [-0.25, -0.2) is 0 Å². The van der Waals surface area contributed by atoms with Crippen molar-refractivity contribution in [1.29, 1.82) is 0 Å². The van der Waals surface area contributed by atoms with Gasteiger partial charge < -0.3 is 15.7 Å². The minimum absolute atomic E-state index is 0.203. The third-order valence-electron chi connectivity index (χ3n) is 4.46. The summed E-state index contributed by atoms with van der Waals surface area (Å²) in [6, 6.07) is 0.787. The van der Waals surface area contributed by atoms with Gasteiger partial charge in [-0.3, -0.25) is 4.79 Å². The van der Waals surface area contributed by atoms with Crippen molar-refractivity contribution in [2.24, 2.45) is 11.7 Å². The molecule has 0 bridgehead atoms. The van der Waals surface area contributed by atoms with Gasteiger partial charge in [-0.15, -0.1) is 0 Å². The minimum atomic E-state index is -1.13. The van der Waals surface area contributed by atoms with Crippen molar-refractivity contribution in [1.82, 2.24) is 4.90 Å². The molecule has 2 atom stereocenters. The summed E-state index contributed by atoms with van der Waals surface area (Å²) in [6.07, 6.45) is 5.48. The summed E-state index contributed by atoms with van der Waals surface area (Å²) < 4.78 is 0. The normalized spacial score (nSPS) is 29.9. The zero-order valence-electron chi connectivity index (χ0n) is 12.1. The Morgan fingerprint density at radius 3 is 2.39 bits per heavy atom. The van der Waals surface area contributed by atoms with Crippen LogP contribution in [0.25, 0.3) is 0 Å². The van der Waals surface area contributed by atoms with E-state index < -0.39 is 11.5 Å². The molecule has 0 spiro atoms. The van der Waals surface area contributed by atoms with Gasteiger partial charge in [0.2, 0.25) is 0 Å². The predicted molar refractivity (Wildman–Crippen MR) is 73.5 cm³/mol. The fraction of sp³-hybridized carbons (Fsp3) is 0.929. The van der Waals surface area contributed by atoms with Gasteiger partial charge in [0.1, 0.15) is 5.54 Å². The van der Waals surface area contributed by atoms with E-state index in [1.807, 2.05) is 0 Å². The van der Waals surface area contributed by atoms with E-state index in [0.29, 0.717) is 12.5 Å². The van der Waals surface area contributed by atoms with E-state index in [-0.39, 0.29) is 6.04 Å². The van der Waals surface area contributed by atoms with E-state index >= 15 is 0 Å². The van der Waals surface area contributed by atoms with Gasteiger partial charge in [0.25, 0.3) is 0 Å². The van der Waals surface area contributed by atoms with Gasteiger partial charge in [0, 0.05) is 12.1 Å². The molecule has 1 fully saturated rings. The summed E-state index contributed by atoms with van der Waals surface area (Å²) in [4.78, 5) is 13.4. The molecule has 0 aromatic rings. The summed E-state index contributed by atoms with van der Waals surface area (Å²) in [7, 11) is 2.10. The first kappa shape index (κ1) is 15.4. The van der Waals surface area contributed by atoms with Crippen LogP contribution in [0.3, 0.4) is 0 Å². The van der Waals surface area contributed by atoms with E-state index in [1.54, 1.807) is 6.92 Å². The van der Waals surface area contributed by atoms with Gasteiger partial charge in [-0.05, 0) is 58.9 Å². The predicted octanol–water partition coefficient (Wildman–Crippen LogP) is 2.08. The molecule has 2 unspecified atom stereocenters. The number of carboxylic acid groups (broad SMARTS) is 1. The largest absolute Gasteiger partial charge is 0.480 e. The number of hydrogen-bond acceptors (Lipinski definition) is 3. The molecule has 1 saturated carbocycles. The number of carboxylic acids is 1. The van der Waals surface area contributed by atoms with Crippen molar-refractivity contribution in [2.45, 2.75) is 70.5 Å². The van der Waals surface area contributed by atoms with Crippen molar-refractivity contribution in [3.63, 3.8) is 0 Å². The van der Waals surface area contributed by atoms with Crippen LogP contribution in [-0.4, -0.2) is 40.6 Å². The molecule has 0 radical (unpaired) electrons. The van der Waals surface area contributed by atoms with Gasteiger partial charge in [-0.1, -0.05) is 6.92 Å². The monoisotopic (exact) mass is 256 g/mol. The second-order valence-electron chi connectivity index (χ2n) is 6.35. The third-order valence-corrected chi connectivity index (χ3v) is 4.46. The highest BCUT2D eigenvalue weighted by molar-refractivity contribution is 5.77. The van der Waals surface area contributed by atoms with Crippen molar-refractivity contribution >= 4 is 5.97 Å². The Morgan fingerprint density at radius 2 is 1.94 bits per heavy atom. The fourth-order valence-corrected chi connectivity index (χ4v) is 2.85. The molecule has 0 saturated heterocycles. The third kappa shape index (κ3) is 3.95. The molecule has 18 heavy (non-hydrogen) atoms. The number of aliphatic carboxylic acids is 1. The molecule has 1 rings (SSSR count). The van der Waals surface area contributed by atoms with Crippen LogP contribution in [0, 0.1) is 5.92 Å². The lowest BCUT2D eigenvalue weighted by Gasteiger charge is -2.39. The molecule has 0 aromatic heterocycles. The van der Waals surface area contributed by atoms with E-state index in [4.69, 9.17) is 10.8 Å². The molecule has 4 heteroatoms. The number of hydrogen-bond donors (Lipinski definition) is 2. The minimum Gasteiger partial charge on any atom is -0.480 e. The first-order chi connectivity index (χ1) is 8.24. The van der Waals surface area contributed by atoms with E-state index in [0.717, 1.165) is 5.92 Å². The standard InChI is InChI=1S/C14H28N2O2/c1-10-5-7-12(8-6-10)16(4)11(2)9-14(3,15)13(17)18/h10-12H,5-9,15H2,1-4H3,(H,17,18). The van der Waals surface area contributed by atoms with Gasteiger partial charge in [-0.2, -0.15) is 0 Å². The Balaban J connectivity index is 2.51. The summed E-state index contributed by atoms with van der Waals surface area (Å²) >= 11 is 0. The second kappa shape index (κ2) is 6.02. The zero-order chi connectivity index (χ0) is 13.9. The Labute approximate surface area is 111 Å². The van der Waals surface area contributed by atoms with Crippen molar-refractivity contribution in [3.8, 4) is 0 Å². The fourth-order valence-electron chi connectivity index (χ4n) is 2.85. The lowest BCUT2D eigenvalue weighted by atomic mass is 9.85. The molecule has 3 N–H and O–H groups in total. The Bertz CT molecular complexity index is 284. The molecule has 1 aliphatic rings. The quantitative estimate of drug-likeness (QED) is 0.790. The molecule has 0 amide bonds. The first-order valence-corrected chi connectivity index (χ1v) is 6.98. The summed E-state index contributed by atoms with van der Waals surface area (Å²) in [5.74, 6) is -0.0798. The number of carbonyl (C=O) groups is 1. The maximum Gasteiger partial charge on any atom is 0.323 e. The molecule has 0 heterocycles. The number of nitrogens with zero attached hydrogens (tertiary/aromatic N) is 1. The van der Waals surface area contributed by atoms with E-state index in [1.165, 1.54) is 25.7 Å². The number of rotatable bonds is 5. The summed E-state index contributed by atoms with van der Waals surface area (Å²) in [5, 5.41) is 9.07. The Hall–Kier alpha value is -0.610. The lowest BCUT2D eigenvalue weighted by molar-refractivity contribution is -0.143. The first-order valence-electron chi connectivity index (χ1n) is 6.98. The molecule has 1 aliphatic carbocycles. The molecular formula is C14H28N2O2. The highest BCUT2D eigenvalue weighted by Crippen LogP contribution is 2.28. The van der Waals surface area contributed by atoms with Crippen LogP contribution in [0.5, 0.6) is 0 Å². The maximum atomic E-state index is 11.1. The topological polar surface area (TPSA) is 66.6 Å². The number of nitrogens with two attached hydrogens (primary N) is 1. The molecule has 4 nitrogen and oxygen atoms in total. The van der Waals surface area contributed by atoms with Crippen LogP contribution in [-0.2, 0) is 4.79 Å². The molecule has 0 aromatic carbocycles. The van der Waals surface area contributed by atoms with Gasteiger partial charge in [0.05, 0.1) is 0 Å². The summed E-state index contributed by atoms with van der Waals surface area (Å²) in [6.45, 7) is 5.98. The summed E-state index contributed by atoms with van der Waals surface area (Å²) in [5.41, 5.74) is 4.69. The SMILES string of the molecule is CC1CCC(N(C)C(C)CC(C)(N)C(=O)O)CC1. The van der Waals surface area contributed by atoms with E-state index in [9.17, 15) is 4.79 Å². The second-order valence-corrected chi connectivity index (χ2v) is 6.35. The lowest BCUT2D eigenvalue weighted by Crippen LogP contribution is -2.51. The average Bonchev–Trinajstić information content (AvgIpc) is 2.28. The van der Waals surface area contributed by atoms with Gasteiger partial charge >= 0.3 is 5.97 Å². The molecule has 106 valence electrons. The van der Waals surface area contributed by atoms with Crippen molar-refractivity contribution < 1.29 is 9.90 Å².